The lowest BCUT2D eigenvalue weighted by atomic mass is 10.2. The molecule has 0 fully saturated rings. The minimum absolute atomic E-state index is 0.361. The summed E-state index contributed by atoms with van der Waals surface area (Å²) in [7, 11) is 1.63. The summed E-state index contributed by atoms with van der Waals surface area (Å²) in [6.07, 6.45) is 0. The number of para-hydroxylation sites is 2. The van der Waals surface area contributed by atoms with Crippen molar-refractivity contribution in [3.63, 3.8) is 0 Å². The number of rotatable bonds is 5. The lowest BCUT2D eigenvalue weighted by Gasteiger charge is -2.13. The van der Waals surface area contributed by atoms with Crippen molar-refractivity contribution in [1.82, 2.24) is 0 Å². The molecule has 1 aromatic carbocycles. The van der Waals surface area contributed by atoms with Crippen LogP contribution in [0, 0.1) is 5.92 Å². The molecule has 78 valence electrons. The lowest BCUT2D eigenvalue weighted by molar-refractivity contribution is 0.251. The summed E-state index contributed by atoms with van der Waals surface area (Å²) < 4.78 is 10.7. The van der Waals surface area contributed by atoms with Gasteiger partial charge in [0.15, 0.2) is 11.5 Å². The van der Waals surface area contributed by atoms with Gasteiger partial charge in [0.1, 0.15) is 0 Å². The number of methoxy groups -OCH3 is 1. The summed E-state index contributed by atoms with van der Waals surface area (Å²) in [6, 6.07) is 7.60. The summed E-state index contributed by atoms with van der Waals surface area (Å²) >= 11 is 0. The second-order valence-electron chi connectivity index (χ2n) is 3.30. The Morgan fingerprint density at radius 1 is 1.29 bits per heavy atom. The van der Waals surface area contributed by atoms with Crippen LogP contribution in [0.3, 0.4) is 0 Å². The molecule has 0 radical (unpaired) electrons. The zero-order chi connectivity index (χ0) is 10.4. The molecule has 0 heterocycles. The van der Waals surface area contributed by atoms with Crippen molar-refractivity contribution in [1.29, 1.82) is 0 Å². The molecule has 0 aliphatic carbocycles. The first kappa shape index (κ1) is 10.9. The van der Waals surface area contributed by atoms with Crippen molar-refractivity contribution >= 4 is 0 Å². The van der Waals surface area contributed by atoms with Gasteiger partial charge in [-0.15, -0.1) is 0 Å². The van der Waals surface area contributed by atoms with E-state index in [1.165, 1.54) is 0 Å². The maximum atomic E-state index is 5.58. The quantitative estimate of drug-likeness (QED) is 0.777. The lowest BCUT2D eigenvalue weighted by Crippen LogP contribution is -2.18. The highest BCUT2D eigenvalue weighted by Gasteiger charge is 2.04. The van der Waals surface area contributed by atoms with Crippen LogP contribution >= 0.6 is 0 Å². The number of hydrogen-bond donors (Lipinski definition) is 1. The van der Waals surface area contributed by atoms with Crippen molar-refractivity contribution < 1.29 is 9.47 Å². The van der Waals surface area contributed by atoms with Gasteiger partial charge in [-0.25, -0.2) is 0 Å². The molecular formula is C11H17NO2. The first-order valence-electron chi connectivity index (χ1n) is 4.73. The third-order valence-corrected chi connectivity index (χ3v) is 1.99. The third kappa shape index (κ3) is 2.92. The van der Waals surface area contributed by atoms with Crippen LogP contribution in [0.4, 0.5) is 0 Å². The fourth-order valence-electron chi connectivity index (χ4n) is 1.04. The van der Waals surface area contributed by atoms with E-state index >= 15 is 0 Å². The van der Waals surface area contributed by atoms with Crippen LogP contribution in [0.25, 0.3) is 0 Å². The van der Waals surface area contributed by atoms with E-state index in [0.29, 0.717) is 19.1 Å². The predicted molar refractivity (Wildman–Crippen MR) is 56.7 cm³/mol. The summed E-state index contributed by atoms with van der Waals surface area (Å²) in [5, 5.41) is 0. The Morgan fingerprint density at radius 3 is 2.50 bits per heavy atom. The maximum absolute atomic E-state index is 5.58. The van der Waals surface area contributed by atoms with Crippen molar-refractivity contribution in [2.75, 3.05) is 20.3 Å². The van der Waals surface area contributed by atoms with Gasteiger partial charge in [0, 0.05) is 5.92 Å². The van der Waals surface area contributed by atoms with E-state index in [1.807, 2.05) is 24.3 Å². The predicted octanol–water partition coefficient (Wildman–Crippen LogP) is 1.67. The van der Waals surface area contributed by atoms with Gasteiger partial charge in [0.2, 0.25) is 0 Å². The monoisotopic (exact) mass is 195 g/mol. The molecule has 3 nitrogen and oxygen atoms in total. The summed E-state index contributed by atoms with van der Waals surface area (Å²) in [4.78, 5) is 0. The molecule has 0 aromatic heterocycles. The first-order valence-corrected chi connectivity index (χ1v) is 4.73. The van der Waals surface area contributed by atoms with Gasteiger partial charge in [-0.3, -0.25) is 0 Å². The Kier molecular flexibility index (Phi) is 4.26. The van der Waals surface area contributed by atoms with Crippen LogP contribution in [0.2, 0.25) is 0 Å². The molecule has 0 amide bonds. The molecule has 0 saturated heterocycles. The third-order valence-electron chi connectivity index (χ3n) is 1.99. The molecule has 2 N–H and O–H groups in total. The van der Waals surface area contributed by atoms with E-state index < -0.39 is 0 Å². The zero-order valence-corrected chi connectivity index (χ0v) is 8.69. The number of nitrogens with two attached hydrogens (primary N) is 1. The highest BCUT2D eigenvalue weighted by molar-refractivity contribution is 5.39. The fourth-order valence-corrected chi connectivity index (χ4v) is 1.04. The van der Waals surface area contributed by atoms with Crippen LogP contribution < -0.4 is 15.2 Å². The molecule has 14 heavy (non-hydrogen) atoms. The average Bonchev–Trinajstić information content (AvgIpc) is 2.26. The topological polar surface area (TPSA) is 44.5 Å². The SMILES string of the molecule is COc1ccccc1OC[C@@H](C)CN. The molecule has 1 rings (SSSR count). The average molecular weight is 195 g/mol. The van der Waals surface area contributed by atoms with Crippen molar-refractivity contribution in [3.8, 4) is 11.5 Å². The molecule has 1 aromatic rings. The van der Waals surface area contributed by atoms with Crippen LogP contribution in [0.15, 0.2) is 24.3 Å². The fraction of sp³-hybridized carbons (Fsp3) is 0.455. The Hall–Kier alpha value is -1.22. The molecule has 0 unspecified atom stereocenters. The van der Waals surface area contributed by atoms with E-state index in [0.717, 1.165) is 11.5 Å². The number of benzene rings is 1. The van der Waals surface area contributed by atoms with E-state index in [-0.39, 0.29) is 0 Å². The largest absolute Gasteiger partial charge is 0.493 e. The van der Waals surface area contributed by atoms with Gasteiger partial charge in [0.25, 0.3) is 0 Å². The normalized spacial score (nSPS) is 12.2. The van der Waals surface area contributed by atoms with Crippen LogP contribution in [0.5, 0.6) is 11.5 Å². The molecule has 0 aliphatic heterocycles. The molecule has 0 bridgehead atoms. The Balaban J connectivity index is 2.57. The number of hydrogen-bond acceptors (Lipinski definition) is 3. The second-order valence-corrected chi connectivity index (χ2v) is 3.30. The molecular weight excluding hydrogens is 178 g/mol. The van der Waals surface area contributed by atoms with E-state index in [9.17, 15) is 0 Å². The Morgan fingerprint density at radius 2 is 1.93 bits per heavy atom. The van der Waals surface area contributed by atoms with Gasteiger partial charge in [-0.2, -0.15) is 0 Å². The van der Waals surface area contributed by atoms with Gasteiger partial charge in [0.05, 0.1) is 13.7 Å². The van der Waals surface area contributed by atoms with Crippen molar-refractivity contribution in [3.05, 3.63) is 24.3 Å². The summed E-state index contributed by atoms with van der Waals surface area (Å²) in [5.74, 6) is 1.90. The van der Waals surface area contributed by atoms with E-state index in [1.54, 1.807) is 7.11 Å². The van der Waals surface area contributed by atoms with Gasteiger partial charge in [-0.05, 0) is 18.7 Å². The molecule has 0 saturated carbocycles. The van der Waals surface area contributed by atoms with E-state index in [2.05, 4.69) is 6.92 Å². The second kappa shape index (κ2) is 5.50. The maximum Gasteiger partial charge on any atom is 0.161 e. The smallest absolute Gasteiger partial charge is 0.161 e. The van der Waals surface area contributed by atoms with Gasteiger partial charge >= 0.3 is 0 Å². The Bertz CT molecular complexity index is 276. The molecule has 0 spiro atoms. The standard InChI is InChI=1S/C11H17NO2/c1-9(7-12)8-14-11-6-4-3-5-10(11)13-2/h3-6,9H,7-8,12H2,1-2H3/t9-/m0/s1. The van der Waals surface area contributed by atoms with Crippen molar-refractivity contribution in [2.24, 2.45) is 11.7 Å². The highest BCUT2D eigenvalue weighted by Crippen LogP contribution is 2.25. The first-order chi connectivity index (χ1) is 6.77. The minimum atomic E-state index is 0.361. The summed E-state index contributed by atoms with van der Waals surface area (Å²) in [5.41, 5.74) is 5.50. The zero-order valence-electron chi connectivity index (χ0n) is 8.69. The van der Waals surface area contributed by atoms with Crippen LogP contribution in [-0.2, 0) is 0 Å². The summed E-state index contributed by atoms with van der Waals surface area (Å²) in [6.45, 7) is 3.31. The van der Waals surface area contributed by atoms with E-state index in [4.69, 9.17) is 15.2 Å². The molecule has 0 aliphatic rings. The van der Waals surface area contributed by atoms with Crippen LogP contribution in [-0.4, -0.2) is 20.3 Å². The van der Waals surface area contributed by atoms with Crippen molar-refractivity contribution in [2.45, 2.75) is 6.92 Å². The number of ether oxygens (including phenoxy) is 2. The highest BCUT2D eigenvalue weighted by atomic mass is 16.5. The molecule has 3 heteroatoms. The molecule has 1 atom stereocenters. The minimum Gasteiger partial charge on any atom is -0.493 e. The Labute approximate surface area is 84.8 Å². The van der Waals surface area contributed by atoms with Gasteiger partial charge in [-0.1, -0.05) is 19.1 Å². The van der Waals surface area contributed by atoms with Gasteiger partial charge < -0.3 is 15.2 Å². The van der Waals surface area contributed by atoms with Crippen LogP contribution in [0.1, 0.15) is 6.92 Å².